The molecular weight excluding hydrogens is 316 g/mol. The topological polar surface area (TPSA) is 53.9 Å². The molecule has 24 heavy (non-hydrogen) atoms. The number of ether oxygens (including phenoxy) is 1. The number of carbonyl (C=O) groups is 1. The van der Waals surface area contributed by atoms with Crippen LogP contribution in [-0.4, -0.2) is 50.6 Å². The summed E-state index contributed by atoms with van der Waals surface area (Å²) in [7, 11) is 3.10. The van der Waals surface area contributed by atoms with E-state index in [1.165, 1.54) is 19.2 Å². The fourth-order valence-electron chi connectivity index (χ4n) is 2.90. The first-order valence-electron chi connectivity index (χ1n) is 8.02. The Kier molecular flexibility index (Phi) is 6.52. The van der Waals surface area contributed by atoms with Crippen molar-refractivity contribution in [3.8, 4) is 0 Å². The second kappa shape index (κ2) is 8.61. The van der Waals surface area contributed by atoms with Gasteiger partial charge in [-0.3, -0.25) is 9.79 Å². The van der Waals surface area contributed by atoms with Crippen LogP contribution < -0.4 is 5.32 Å². The molecule has 1 aromatic rings. The van der Waals surface area contributed by atoms with Gasteiger partial charge in [0.05, 0.1) is 13.0 Å². The van der Waals surface area contributed by atoms with Gasteiger partial charge < -0.3 is 15.0 Å². The van der Waals surface area contributed by atoms with Gasteiger partial charge in [0.2, 0.25) is 0 Å². The van der Waals surface area contributed by atoms with Crippen molar-refractivity contribution < 1.29 is 18.3 Å². The molecule has 0 amide bonds. The molecule has 1 aliphatic rings. The Morgan fingerprint density at radius 1 is 1.29 bits per heavy atom. The highest BCUT2D eigenvalue weighted by molar-refractivity contribution is 5.80. The van der Waals surface area contributed by atoms with Crippen molar-refractivity contribution >= 4 is 11.9 Å². The maximum absolute atomic E-state index is 13.2. The number of halogens is 2. The minimum Gasteiger partial charge on any atom is -0.469 e. The number of nitrogens with one attached hydrogen (secondary N) is 1. The lowest BCUT2D eigenvalue weighted by Gasteiger charge is -2.33. The van der Waals surface area contributed by atoms with Gasteiger partial charge >= 0.3 is 5.97 Å². The molecular formula is C17H23F2N3O2. The Hall–Kier alpha value is -2.18. The van der Waals surface area contributed by atoms with E-state index in [1.54, 1.807) is 7.05 Å². The average molecular weight is 339 g/mol. The monoisotopic (exact) mass is 339 g/mol. The van der Waals surface area contributed by atoms with Crippen LogP contribution in [0.2, 0.25) is 0 Å². The van der Waals surface area contributed by atoms with Crippen LogP contribution in [0.15, 0.2) is 23.2 Å². The van der Waals surface area contributed by atoms with E-state index in [-0.39, 0.29) is 11.9 Å². The van der Waals surface area contributed by atoms with Gasteiger partial charge in [-0.1, -0.05) is 0 Å². The standard InChI is InChI=1S/C17H23F2N3O2/c1-20-17(22-7-4-13(5-8-22)16(23)24-2)21-6-3-12-9-14(18)11-15(19)10-12/h9-11,13H,3-8H2,1-2H3,(H,20,21). The minimum absolute atomic E-state index is 0.0559. The largest absolute Gasteiger partial charge is 0.469 e. The number of hydrogen-bond donors (Lipinski definition) is 1. The molecule has 1 heterocycles. The fraction of sp³-hybridized carbons (Fsp3) is 0.529. The molecule has 7 heteroatoms. The summed E-state index contributed by atoms with van der Waals surface area (Å²) in [5.74, 6) is -0.626. The number of carbonyl (C=O) groups excluding carboxylic acids is 1. The normalized spacial score (nSPS) is 16.2. The minimum atomic E-state index is -0.570. The average Bonchev–Trinajstić information content (AvgIpc) is 2.57. The van der Waals surface area contributed by atoms with Crippen molar-refractivity contribution in [2.24, 2.45) is 10.9 Å². The summed E-state index contributed by atoms with van der Waals surface area (Å²) in [6.45, 7) is 1.95. The lowest BCUT2D eigenvalue weighted by Crippen LogP contribution is -2.47. The van der Waals surface area contributed by atoms with E-state index in [1.807, 2.05) is 0 Å². The Morgan fingerprint density at radius 2 is 1.92 bits per heavy atom. The van der Waals surface area contributed by atoms with Crippen molar-refractivity contribution in [2.45, 2.75) is 19.3 Å². The zero-order valence-electron chi connectivity index (χ0n) is 14.0. The van der Waals surface area contributed by atoms with Crippen LogP contribution in [0.25, 0.3) is 0 Å². The summed E-state index contributed by atoms with van der Waals surface area (Å²) in [5.41, 5.74) is 0.597. The highest BCUT2D eigenvalue weighted by Gasteiger charge is 2.26. The lowest BCUT2D eigenvalue weighted by atomic mass is 9.97. The van der Waals surface area contributed by atoms with Gasteiger partial charge in [0.15, 0.2) is 5.96 Å². The predicted octanol–water partition coefficient (Wildman–Crippen LogP) is 1.97. The third kappa shape index (κ3) is 4.91. The number of methoxy groups -OCH3 is 1. The molecule has 1 aromatic carbocycles. The van der Waals surface area contributed by atoms with Crippen molar-refractivity contribution in [3.05, 3.63) is 35.4 Å². The molecule has 0 bridgehead atoms. The molecule has 1 N–H and O–H groups in total. The molecule has 132 valence electrons. The number of benzene rings is 1. The number of hydrogen-bond acceptors (Lipinski definition) is 3. The second-order valence-electron chi connectivity index (χ2n) is 5.79. The first kappa shape index (κ1) is 18.2. The summed E-state index contributed by atoms with van der Waals surface area (Å²) < 4.78 is 31.1. The highest BCUT2D eigenvalue weighted by atomic mass is 19.1. The van der Waals surface area contributed by atoms with Gasteiger partial charge in [-0.25, -0.2) is 8.78 Å². The summed E-state index contributed by atoms with van der Waals surface area (Å²) in [4.78, 5) is 17.9. The Balaban J connectivity index is 1.82. The highest BCUT2D eigenvalue weighted by Crippen LogP contribution is 2.18. The van der Waals surface area contributed by atoms with Crippen LogP contribution in [0.1, 0.15) is 18.4 Å². The van der Waals surface area contributed by atoms with Crippen molar-refractivity contribution in [2.75, 3.05) is 33.8 Å². The molecule has 2 rings (SSSR count). The van der Waals surface area contributed by atoms with Crippen molar-refractivity contribution in [1.82, 2.24) is 10.2 Å². The van der Waals surface area contributed by atoms with Crippen LogP contribution in [0.3, 0.4) is 0 Å². The van der Waals surface area contributed by atoms with E-state index >= 15 is 0 Å². The summed E-state index contributed by atoms with van der Waals surface area (Å²) in [5, 5.41) is 3.20. The summed E-state index contributed by atoms with van der Waals surface area (Å²) in [6.07, 6.45) is 1.94. The number of nitrogens with zero attached hydrogens (tertiary/aromatic N) is 2. The van der Waals surface area contributed by atoms with Crippen LogP contribution in [0, 0.1) is 17.6 Å². The number of piperidine rings is 1. The predicted molar refractivity (Wildman–Crippen MR) is 87.7 cm³/mol. The Bertz CT molecular complexity index is 579. The molecule has 0 atom stereocenters. The second-order valence-corrected chi connectivity index (χ2v) is 5.79. The van der Waals surface area contributed by atoms with E-state index in [4.69, 9.17) is 4.74 Å². The van der Waals surface area contributed by atoms with E-state index in [9.17, 15) is 13.6 Å². The van der Waals surface area contributed by atoms with Gasteiger partial charge in [0.1, 0.15) is 11.6 Å². The van der Waals surface area contributed by atoms with Gasteiger partial charge in [0.25, 0.3) is 0 Å². The molecule has 0 radical (unpaired) electrons. The summed E-state index contributed by atoms with van der Waals surface area (Å²) >= 11 is 0. The molecule has 0 saturated carbocycles. The van der Waals surface area contributed by atoms with Gasteiger partial charge in [-0.05, 0) is 37.0 Å². The first-order chi connectivity index (χ1) is 11.5. The van der Waals surface area contributed by atoms with Gasteiger partial charge in [-0.2, -0.15) is 0 Å². The third-order valence-electron chi connectivity index (χ3n) is 4.16. The van der Waals surface area contributed by atoms with E-state index in [0.717, 1.165) is 24.9 Å². The zero-order chi connectivity index (χ0) is 17.5. The molecule has 0 aliphatic carbocycles. The number of aliphatic imine (C=N–C) groups is 1. The zero-order valence-corrected chi connectivity index (χ0v) is 14.0. The Labute approximate surface area is 140 Å². The maximum atomic E-state index is 13.2. The van der Waals surface area contributed by atoms with Crippen LogP contribution >= 0.6 is 0 Å². The molecule has 0 aromatic heterocycles. The number of likely N-dealkylation sites (tertiary alicyclic amines) is 1. The van der Waals surface area contributed by atoms with Crippen molar-refractivity contribution in [1.29, 1.82) is 0 Å². The van der Waals surface area contributed by atoms with Crippen LogP contribution in [0.4, 0.5) is 8.78 Å². The lowest BCUT2D eigenvalue weighted by molar-refractivity contribution is -0.146. The number of esters is 1. The molecule has 0 unspecified atom stereocenters. The molecule has 1 fully saturated rings. The van der Waals surface area contributed by atoms with Crippen LogP contribution in [-0.2, 0) is 16.0 Å². The smallest absolute Gasteiger partial charge is 0.308 e. The quantitative estimate of drug-likeness (QED) is 0.518. The summed E-state index contributed by atoms with van der Waals surface area (Å²) in [6, 6.07) is 3.52. The first-order valence-corrected chi connectivity index (χ1v) is 8.02. The van der Waals surface area contributed by atoms with Gasteiger partial charge in [0, 0.05) is 32.7 Å². The van der Waals surface area contributed by atoms with E-state index in [2.05, 4.69) is 15.2 Å². The Morgan fingerprint density at radius 3 is 2.46 bits per heavy atom. The molecule has 1 saturated heterocycles. The fourth-order valence-corrected chi connectivity index (χ4v) is 2.90. The number of rotatable bonds is 4. The number of guanidine groups is 1. The molecule has 0 spiro atoms. The SMILES string of the molecule is CN=C(NCCc1cc(F)cc(F)c1)N1CCC(C(=O)OC)CC1. The molecule has 5 nitrogen and oxygen atoms in total. The van der Waals surface area contributed by atoms with Crippen molar-refractivity contribution in [3.63, 3.8) is 0 Å². The van der Waals surface area contributed by atoms with Crippen LogP contribution in [0.5, 0.6) is 0 Å². The van der Waals surface area contributed by atoms with Gasteiger partial charge in [-0.15, -0.1) is 0 Å². The third-order valence-corrected chi connectivity index (χ3v) is 4.16. The molecule has 1 aliphatic heterocycles. The van der Waals surface area contributed by atoms with E-state index < -0.39 is 11.6 Å². The van der Waals surface area contributed by atoms with E-state index in [0.29, 0.717) is 31.6 Å². The maximum Gasteiger partial charge on any atom is 0.308 e.